The minimum absolute atomic E-state index is 0. The molecule has 0 radical (unpaired) electrons. The van der Waals surface area contributed by atoms with E-state index in [0.717, 1.165) is 57.0 Å². The van der Waals surface area contributed by atoms with E-state index in [0.29, 0.717) is 6.42 Å². The standard InChI is InChI=1S/C16H20F3N2O.Li/c1-13(22)3-2-8-20-9-11-21(12-10-20)15-6-4-14(5-7-15)16(17,18)19;/h4-7H,1-3,8-12H2;/q-1;+1. The Labute approximate surface area is 147 Å². The maximum Gasteiger partial charge on any atom is 1.00 e. The number of hydrogen-bond acceptors (Lipinski definition) is 3. The van der Waals surface area contributed by atoms with Gasteiger partial charge >= 0.3 is 25.0 Å². The number of halogens is 3. The van der Waals surface area contributed by atoms with E-state index < -0.39 is 11.7 Å². The molecule has 122 valence electrons. The number of carbonyl (C=O) groups excluding carboxylic acids is 1. The zero-order valence-electron chi connectivity index (χ0n) is 13.4. The fourth-order valence-electron chi connectivity index (χ4n) is 2.59. The average molecular weight is 320 g/mol. The Morgan fingerprint density at radius 2 is 1.65 bits per heavy atom. The Hall–Kier alpha value is -1.09. The molecule has 0 aliphatic carbocycles. The normalized spacial score (nSPS) is 16.0. The molecule has 0 N–H and O–H groups in total. The Bertz CT molecular complexity index is 497. The molecule has 1 saturated heterocycles. The molecule has 2 rings (SSSR count). The molecule has 1 aromatic carbocycles. The molecule has 1 fully saturated rings. The second-order valence-corrected chi connectivity index (χ2v) is 5.52. The van der Waals surface area contributed by atoms with E-state index >= 15 is 0 Å². The van der Waals surface area contributed by atoms with Crippen molar-refractivity contribution in [3.05, 3.63) is 36.8 Å². The van der Waals surface area contributed by atoms with Gasteiger partial charge in [-0.3, -0.25) is 4.90 Å². The van der Waals surface area contributed by atoms with Crippen molar-refractivity contribution < 1.29 is 36.8 Å². The van der Waals surface area contributed by atoms with Crippen molar-refractivity contribution in [3.8, 4) is 0 Å². The predicted octanol–water partition coefficient (Wildman–Crippen LogP) is 0.0148. The van der Waals surface area contributed by atoms with Gasteiger partial charge in [0.05, 0.1) is 5.56 Å². The molecule has 7 heteroatoms. The first-order valence-electron chi connectivity index (χ1n) is 7.35. The number of Topliss-reactive ketones (excluding diaryl/α,β-unsaturated/α-hetero) is 1. The zero-order valence-corrected chi connectivity index (χ0v) is 13.4. The van der Waals surface area contributed by atoms with E-state index in [4.69, 9.17) is 0 Å². The van der Waals surface area contributed by atoms with Crippen molar-refractivity contribution in [3.63, 3.8) is 0 Å². The van der Waals surface area contributed by atoms with Gasteiger partial charge in [0.2, 0.25) is 0 Å². The minimum atomic E-state index is -4.29. The van der Waals surface area contributed by atoms with E-state index in [1.54, 1.807) is 0 Å². The molecule has 0 aromatic heterocycles. The summed E-state index contributed by atoms with van der Waals surface area (Å²) in [6.45, 7) is 7.48. The van der Waals surface area contributed by atoms with Crippen LogP contribution in [-0.4, -0.2) is 43.4 Å². The molecule has 1 aliphatic rings. The van der Waals surface area contributed by atoms with E-state index in [1.807, 2.05) is 0 Å². The molecule has 23 heavy (non-hydrogen) atoms. The molecule has 0 bridgehead atoms. The molecule has 1 aliphatic heterocycles. The maximum atomic E-state index is 12.5. The molecule has 0 unspecified atom stereocenters. The molecular weight excluding hydrogens is 300 g/mol. The van der Waals surface area contributed by atoms with E-state index in [1.165, 1.54) is 12.1 Å². The predicted molar refractivity (Wildman–Crippen MR) is 79.7 cm³/mol. The number of nitrogens with zero attached hydrogens (tertiary/aromatic N) is 2. The number of hydrogen-bond donors (Lipinski definition) is 0. The SMILES string of the molecule is [CH2-]C(=O)CCCN1CCN(c2ccc(C(F)(F)F)cc2)CC1.[Li+]. The molecule has 0 amide bonds. The second kappa shape index (κ2) is 8.67. The summed E-state index contributed by atoms with van der Waals surface area (Å²) in [4.78, 5) is 15.2. The van der Waals surface area contributed by atoms with Crippen molar-refractivity contribution in [1.82, 2.24) is 4.90 Å². The summed E-state index contributed by atoms with van der Waals surface area (Å²) >= 11 is 0. The van der Waals surface area contributed by atoms with Gasteiger partial charge < -0.3 is 16.6 Å². The van der Waals surface area contributed by atoms with Crippen LogP contribution in [-0.2, 0) is 11.0 Å². The number of rotatable bonds is 5. The van der Waals surface area contributed by atoms with Crippen molar-refractivity contribution in [2.45, 2.75) is 19.0 Å². The average Bonchev–Trinajstić information content (AvgIpc) is 2.47. The van der Waals surface area contributed by atoms with Crippen LogP contribution in [0.15, 0.2) is 24.3 Å². The Morgan fingerprint density at radius 3 is 2.13 bits per heavy atom. The molecule has 1 aromatic rings. The summed E-state index contributed by atoms with van der Waals surface area (Å²) < 4.78 is 37.6. The number of carbonyl (C=O) groups is 1. The Kier molecular flexibility index (Phi) is 7.52. The maximum absolute atomic E-state index is 12.5. The van der Waals surface area contributed by atoms with Gasteiger partial charge in [0.15, 0.2) is 0 Å². The molecule has 1 heterocycles. The number of benzene rings is 1. The van der Waals surface area contributed by atoms with Gasteiger partial charge in [-0.1, -0.05) is 0 Å². The smallest absolute Gasteiger partial charge is 0.369 e. The summed E-state index contributed by atoms with van der Waals surface area (Å²) in [5.74, 6) is -0.0385. The molecule has 0 spiro atoms. The molecular formula is C16H20F3LiN2O. The number of alkyl halides is 3. The van der Waals surface area contributed by atoms with E-state index in [9.17, 15) is 18.0 Å². The first-order chi connectivity index (χ1) is 10.4. The zero-order chi connectivity index (χ0) is 16.2. The molecule has 0 atom stereocenters. The van der Waals surface area contributed by atoms with E-state index in [-0.39, 0.29) is 24.6 Å². The number of ketones is 1. The van der Waals surface area contributed by atoms with E-state index in [2.05, 4.69) is 16.7 Å². The van der Waals surface area contributed by atoms with Crippen LogP contribution < -0.4 is 23.8 Å². The van der Waals surface area contributed by atoms with Crippen LogP contribution in [0, 0.1) is 6.92 Å². The van der Waals surface area contributed by atoms with Gasteiger partial charge in [0.1, 0.15) is 0 Å². The Balaban J connectivity index is 0.00000264. The van der Waals surface area contributed by atoms with Crippen LogP contribution >= 0.6 is 0 Å². The van der Waals surface area contributed by atoms with Crippen LogP contribution in [0.4, 0.5) is 18.9 Å². The third-order valence-electron chi connectivity index (χ3n) is 3.86. The second-order valence-electron chi connectivity index (χ2n) is 5.52. The van der Waals surface area contributed by atoms with Gasteiger partial charge in [0.25, 0.3) is 0 Å². The first-order valence-corrected chi connectivity index (χ1v) is 7.35. The van der Waals surface area contributed by atoms with Crippen LogP contribution in [0.2, 0.25) is 0 Å². The minimum Gasteiger partial charge on any atom is -0.369 e. The number of anilines is 1. The van der Waals surface area contributed by atoms with Crippen LogP contribution in [0.1, 0.15) is 18.4 Å². The number of piperazine rings is 1. The molecule has 0 saturated carbocycles. The van der Waals surface area contributed by atoms with Crippen molar-refractivity contribution in [2.24, 2.45) is 0 Å². The third-order valence-corrected chi connectivity index (χ3v) is 3.86. The largest absolute Gasteiger partial charge is 1.00 e. The summed E-state index contributed by atoms with van der Waals surface area (Å²) in [6.07, 6.45) is -2.98. The van der Waals surface area contributed by atoms with Crippen LogP contribution in [0.3, 0.4) is 0 Å². The summed E-state index contributed by atoms with van der Waals surface area (Å²) in [5.41, 5.74) is 0.202. The van der Waals surface area contributed by atoms with Crippen LogP contribution in [0.5, 0.6) is 0 Å². The van der Waals surface area contributed by atoms with Gasteiger partial charge in [0, 0.05) is 31.9 Å². The van der Waals surface area contributed by atoms with Crippen molar-refractivity contribution in [2.75, 3.05) is 37.6 Å². The summed E-state index contributed by atoms with van der Waals surface area (Å²) in [7, 11) is 0. The summed E-state index contributed by atoms with van der Waals surface area (Å²) in [6, 6.07) is 5.31. The van der Waals surface area contributed by atoms with Gasteiger partial charge in [-0.05, 0) is 49.4 Å². The molecule has 3 nitrogen and oxygen atoms in total. The van der Waals surface area contributed by atoms with Crippen LogP contribution in [0.25, 0.3) is 0 Å². The first kappa shape index (κ1) is 20.0. The monoisotopic (exact) mass is 320 g/mol. The van der Waals surface area contributed by atoms with Crippen molar-refractivity contribution >= 4 is 11.5 Å². The van der Waals surface area contributed by atoms with Gasteiger partial charge in [-0.2, -0.15) is 13.2 Å². The quantitative estimate of drug-likeness (QED) is 0.564. The topological polar surface area (TPSA) is 23.6 Å². The fourth-order valence-corrected chi connectivity index (χ4v) is 2.59. The third kappa shape index (κ3) is 6.13. The Morgan fingerprint density at radius 1 is 1.09 bits per heavy atom. The summed E-state index contributed by atoms with van der Waals surface area (Å²) in [5, 5.41) is 0. The van der Waals surface area contributed by atoms with Gasteiger partial charge in [-0.15, -0.1) is 0 Å². The fraction of sp³-hybridized carbons (Fsp3) is 0.500. The van der Waals surface area contributed by atoms with Gasteiger partial charge in [-0.25, -0.2) is 0 Å². The van der Waals surface area contributed by atoms with Crippen molar-refractivity contribution in [1.29, 1.82) is 0 Å².